The molecular formula is C14H19NO2. The van der Waals surface area contributed by atoms with Crippen LogP contribution in [0.4, 0.5) is 0 Å². The molecule has 0 radical (unpaired) electrons. The fraction of sp³-hybridized carbons (Fsp3) is 0.357. The molecule has 1 amide bonds. The van der Waals surface area contributed by atoms with Crippen LogP contribution in [0, 0.1) is 5.92 Å². The number of ether oxygens (including phenoxy) is 1. The van der Waals surface area contributed by atoms with Crippen LogP contribution in [-0.4, -0.2) is 19.1 Å². The van der Waals surface area contributed by atoms with E-state index in [9.17, 15) is 4.79 Å². The van der Waals surface area contributed by atoms with Crippen LogP contribution in [0.2, 0.25) is 0 Å². The first-order valence-corrected chi connectivity index (χ1v) is 5.75. The normalized spacial score (nSPS) is 10.1. The van der Waals surface area contributed by atoms with E-state index in [1.54, 1.807) is 18.2 Å². The Balaban J connectivity index is 2.64. The fourth-order valence-corrected chi connectivity index (χ4v) is 1.26. The van der Waals surface area contributed by atoms with Gasteiger partial charge in [0.2, 0.25) is 0 Å². The molecule has 17 heavy (non-hydrogen) atoms. The highest BCUT2D eigenvalue weighted by molar-refractivity contribution is 5.94. The minimum atomic E-state index is -0.111. The molecule has 0 aliphatic rings. The Kier molecular flexibility index (Phi) is 5.27. The summed E-state index contributed by atoms with van der Waals surface area (Å²) in [5.41, 5.74) is 0.605. The lowest BCUT2D eigenvalue weighted by Gasteiger charge is -2.09. The first kappa shape index (κ1) is 13.3. The Hall–Kier alpha value is -1.77. The van der Waals surface area contributed by atoms with Crippen LogP contribution < -0.4 is 10.1 Å². The molecule has 1 N–H and O–H groups in total. The summed E-state index contributed by atoms with van der Waals surface area (Å²) >= 11 is 0. The van der Waals surface area contributed by atoms with Crippen molar-refractivity contribution in [1.82, 2.24) is 5.32 Å². The van der Waals surface area contributed by atoms with Crippen LogP contribution in [0.25, 0.3) is 0 Å². The molecule has 0 heterocycles. The molecule has 0 aliphatic carbocycles. The molecule has 1 aromatic carbocycles. The monoisotopic (exact) mass is 233 g/mol. The molecule has 1 aromatic rings. The number of hydrogen-bond donors (Lipinski definition) is 1. The fourth-order valence-electron chi connectivity index (χ4n) is 1.26. The number of hydrogen-bond acceptors (Lipinski definition) is 2. The molecule has 0 spiro atoms. The van der Waals surface area contributed by atoms with Gasteiger partial charge in [0, 0.05) is 12.1 Å². The highest BCUT2D eigenvalue weighted by Crippen LogP contribution is 2.14. The van der Waals surface area contributed by atoms with Crippen molar-refractivity contribution in [2.75, 3.05) is 13.2 Å². The van der Waals surface area contributed by atoms with Crippen molar-refractivity contribution in [3.63, 3.8) is 0 Å². The van der Waals surface area contributed by atoms with Crippen LogP contribution in [-0.2, 0) is 0 Å². The number of benzene rings is 1. The average Bonchev–Trinajstić information content (AvgIpc) is 2.33. The van der Waals surface area contributed by atoms with E-state index < -0.39 is 0 Å². The lowest BCUT2D eigenvalue weighted by Crippen LogP contribution is -2.23. The summed E-state index contributed by atoms with van der Waals surface area (Å²) in [5.74, 6) is 1.08. The van der Waals surface area contributed by atoms with Crippen LogP contribution in [0.3, 0.4) is 0 Å². The molecule has 0 fully saturated rings. The SMILES string of the molecule is C=CCNC(=O)c1cccc(OCC(C)C)c1. The van der Waals surface area contributed by atoms with Crippen molar-refractivity contribution in [2.24, 2.45) is 5.92 Å². The minimum Gasteiger partial charge on any atom is -0.493 e. The summed E-state index contributed by atoms with van der Waals surface area (Å²) in [5, 5.41) is 2.73. The molecule has 0 saturated carbocycles. The summed E-state index contributed by atoms with van der Waals surface area (Å²) < 4.78 is 5.56. The van der Waals surface area contributed by atoms with E-state index in [0.717, 1.165) is 5.75 Å². The van der Waals surface area contributed by atoms with Gasteiger partial charge in [0.05, 0.1) is 6.61 Å². The van der Waals surface area contributed by atoms with Crippen LogP contribution >= 0.6 is 0 Å². The minimum absolute atomic E-state index is 0.111. The van der Waals surface area contributed by atoms with Crippen LogP contribution in [0.5, 0.6) is 5.75 Å². The van der Waals surface area contributed by atoms with Gasteiger partial charge in [-0.05, 0) is 24.1 Å². The predicted octanol–water partition coefficient (Wildman–Crippen LogP) is 2.64. The third-order valence-corrected chi connectivity index (χ3v) is 2.09. The van der Waals surface area contributed by atoms with E-state index in [0.29, 0.717) is 24.6 Å². The Morgan fingerprint density at radius 3 is 2.94 bits per heavy atom. The summed E-state index contributed by atoms with van der Waals surface area (Å²) in [6, 6.07) is 7.19. The van der Waals surface area contributed by atoms with Gasteiger partial charge in [0.25, 0.3) is 5.91 Å². The first-order chi connectivity index (χ1) is 8.13. The topological polar surface area (TPSA) is 38.3 Å². The Bertz CT molecular complexity index is 386. The predicted molar refractivity (Wildman–Crippen MR) is 69.3 cm³/mol. The van der Waals surface area contributed by atoms with Gasteiger partial charge in [-0.25, -0.2) is 0 Å². The van der Waals surface area contributed by atoms with Gasteiger partial charge >= 0.3 is 0 Å². The second-order valence-electron chi connectivity index (χ2n) is 4.23. The quantitative estimate of drug-likeness (QED) is 0.767. The van der Waals surface area contributed by atoms with E-state index >= 15 is 0 Å². The number of amides is 1. The van der Waals surface area contributed by atoms with Crippen molar-refractivity contribution in [3.05, 3.63) is 42.5 Å². The second-order valence-corrected chi connectivity index (χ2v) is 4.23. The van der Waals surface area contributed by atoms with E-state index in [2.05, 4.69) is 25.7 Å². The summed E-state index contributed by atoms with van der Waals surface area (Å²) in [6.07, 6.45) is 1.65. The van der Waals surface area contributed by atoms with E-state index in [1.807, 2.05) is 12.1 Å². The van der Waals surface area contributed by atoms with Gasteiger partial charge in [0.1, 0.15) is 5.75 Å². The molecule has 92 valence electrons. The molecule has 1 rings (SSSR count). The molecule has 3 heteroatoms. The van der Waals surface area contributed by atoms with Gasteiger partial charge in [-0.1, -0.05) is 26.0 Å². The number of carbonyl (C=O) groups is 1. The standard InChI is InChI=1S/C14H19NO2/c1-4-8-15-14(16)12-6-5-7-13(9-12)17-10-11(2)3/h4-7,9,11H,1,8,10H2,2-3H3,(H,15,16). The molecule has 0 aliphatic heterocycles. The lowest BCUT2D eigenvalue weighted by molar-refractivity contribution is 0.0957. The van der Waals surface area contributed by atoms with Crippen molar-refractivity contribution in [1.29, 1.82) is 0 Å². The Morgan fingerprint density at radius 2 is 2.29 bits per heavy atom. The molecule has 0 aromatic heterocycles. The summed E-state index contributed by atoms with van der Waals surface area (Å²) in [6.45, 7) is 8.84. The molecule has 0 bridgehead atoms. The zero-order chi connectivity index (χ0) is 12.7. The lowest BCUT2D eigenvalue weighted by atomic mass is 10.2. The average molecular weight is 233 g/mol. The number of rotatable bonds is 6. The smallest absolute Gasteiger partial charge is 0.251 e. The Morgan fingerprint density at radius 1 is 1.53 bits per heavy atom. The maximum absolute atomic E-state index is 11.7. The Labute approximate surface area is 102 Å². The van der Waals surface area contributed by atoms with Gasteiger partial charge in [-0.2, -0.15) is 0 Å². The van der Waals surface area contributed by atoms with Crippen LogP contribution in [0.15, 0.2) is 36.9 Å². The zero-order valence-electron chi connectivity index (χ0n) is 10.4. The second kappa shape index (κ2) is 6.74. The third-order valence-electron chi connectivity index (χ3n) is 2.09. The van der Waals surface area contributed by atoms with Gasteiger partial charge in [-0.3, -0.25) is 4.79 Å². The van der Waals surface area contributed by atoms with Crippen molar-refractivity contribution in [2.45, 2.75) is 13.8 Å². The maximum Gasteiger partial charge on any atom is 0.251 e. The molecule has 3 nitrogen and oxygen atoms in total. The van der Waals surface area contributed by atoms with E-state index in [4.69, 9.17) is 4.74 Å². The van der Waals surface area contributed by atoms with Crippen molar-refractivity contribution >= 4 is 5.91 Å². The van der Waals surface area contributed by atoms with Gasteiger partial charge in [0.15, 0.2) is 0 Å². The van der Waals surface area contributed by atoms with Crippen molar-refractivity contribution < 1.29 is 9.53 Å². The van der Waals surface area contributed by atoms with E-state index in [-0.39, 0.29) is 5.91 Å². The number of carbonyl (C=O) groups excluding carboxylic acids is 1. The highest BCUT2D eigenvalue weighted by Gasteiger charge is 2.05. The third kappa shape index (κ3) is 4.72. The van der Waals surface area contributed by atoms with Crippen molar-refractivity contribution in [3.8, 4) is 5.75 Å². The molecule has 0 saturated heterocycles. The largest absolute Gasteiger partial charge is 0.493 e. The van der Waals surface area contributed by atoms with E-state index in [1.165, 1.54) is 0 Å². The molecular weight excluding hydrogens is 214 g/mol. The molecule has 0 unspecified atom stereocenters. The first-order valence-electron chi connectivity index (χ1n) is 5.75. The number of nitrogens with one attached hydrogen (secondary N) is 1. The summed E-state index contributed by atoms with van der Waals surface area (Å²) in [4.78, 5) is 11.7. The summed E-state index contributed by atoms with van der Waals surface area (Å²) in [7, 11) is 0. The van der Waals surface area contributed by atoms with Gasteiger partial charge in [-0.15, -0.1) is 6.58 Å². The van der Waals surface area contributed by atoms with Crippen LogP contribution in [0.1, 0.15) is 24.2 Å². The van der Waals surface area contributed by atoms with Gasteiger partial charge < -0.3 is 10.1 Å². The molecule has 0 atom stereocenters. The highest BCUT2D eigenvalue weighted by atomic mass is 16.5. The maximum atomic E-state index is 11.7. The zero-order valence-corrected chi connectivity index (χ0v) is 10.4.